The van der Waals surface area contributed by atoms with Crippen molar-refractivity contribution in [3.63, 3.8) is 0 Å². The van der Waals surface area contributed by atoms with Gasteiger partial charge in [-0.2, -0.15) is 0 Å². The predicted octanol–water partition coefficient (Wildman–Crippen LogP) is 2.46. The Bertz CT molecular complexity index is 327. The first-order chi connectivity index (χ1) is 8.83. The van der Waals surface area contributed by atoms with Crippen LogP contribution in [0.1, 0.15) is 19.8 Å². The number of hydrogen-bond acceptors (Lipinski definition) is 4. The Morgan fingerprint density at radius 2 is 2.00 bits per heavy atom. The molecule has 0 aliphatic carbocycles. The van der Waals surface area contributed by atoms with E-state index in [9.17, 15) is 4.79 Å². The van der Waals surface area contributed by atoms with Crippen LogP contribution in [0.15, 0.2) is 30.3 Å². The predicted molar refractivity (Wildman–Crippen MR) is 71.6 cm³/mol. The van der Waals surface area contributed by atoms with Crippen LogP contribution in [-0.4, -0.2) is 32.3 Å². The topological polar surface area (TPSA) is 47.6 Å². The van der Waals surface area contributed by atoms with Crippen LogP contribution in [0.3, 0.4) is 0 Å². The molecular weight excluding hydrogens is 230 g/mol. The molecule has 1 aromatic rings. The molecule has 0 heterocycles. The van der Waals surface area contributed by atoms with E-state index >= 15 is 0 Å². The van der Waals surface area contributed by atoms with Crippen LogP contribution in [0.2, 0.25) is 0 Å². The van der Waals surface area contributed by atoms with Gasteiger partial charge in [0.1, 0.15) is 6.61 Å². The highest BCUT2D eigenvalue weighted by molar-refractivity contribution is 5.69. The van der Waals surface area contributed by atoms with Gasteiger partial charge < -0.3 is 14.8 Å². The zero-order valence-electron chi connectivity index (χ0n) is 10.9. The minimum atomic E-state index is -0.162. The standard InChI is InChI=1S/C14H21NO3/c1-2-17-11-12-18-14(16)9-6-10-15-13-7-4-3-5-8-13/h3-5,7-8,15H,2,6,9-12H2,1H3. The lowest BCUT2D eigenvalue weighted by atomic mass is 10.3. The maximum absolute atomic E-state index is 11.3. The molecule has 0 aliphatic rings. The molecule has 1 aromatic carbocycles. The third-order valence-corrected chi connectivity index (χ3v) is 2.36. The van der Waals surface area contributed by atoms with E-state index in [4.69, 9.17) is 9.47 Å². The molecule has 0 amide bonds. The first kappa shape index (κ1) is 14.5. The summed E-state index contributed by atoms with van der Waals surface area (Å²) >= 11 is 0. The van der Waals surface area contributed by atoms with Crippen molar-refractivity contribution >= 4 is 11.7 Å². The van der Waals surface area contributed by atoms with Gasteiger partial charge in [-0.05, 0) is 25.5 Å². The fourth-order valence-electron chi connectivity index (χ4n) is 1.45. The highest BCUT2D eigenvalue weighted by Gasteiger charge is 2.01. The summed E-state index contributed by atoms with van der Waals surface area (Å²) in [6.07, 6.45) is 1.20. The Morgan fingerprint density at radius 3 is 2.72 bits per heavy atom. The van der Waals surface area contributed by atoms with Gasteiger partial charge in [0, 0.05) is 25.3 Å². The smallest absolute Gasteiger partial charge is 0.305 e. The van der Waals surface area contributed by atoms with Crippen molar-refractivity contribution in [3.05, 3.63) is 30.3 Å². The summed E-state index contributed by atoms with van der Waals surface area (Å²) in [5.74, 6) is -0.162. The van der Waals surface area contributed by atoms with Crippen molar-refractivity contribution < 1.29 is 14.3 Å². The lowest BCUT2D eigenvalue weighted by molar-refractivity contribution is -0.145. The molecule has 0 aromatic heterocycles. The first-order valence-corrected chi connectivity index (χ1v) is 6.35. The summed E-state index contributed by atoms with van der Waals surface area (Å²) in [7, 11) is 0. The van der Waals surface area contributed by atoms with Crippen LogP contribution in [0.5, 0.6) is 0 Å². The SMILES string of the molecule is CCOCCOC(=O)CCCNc1ccccc1. The second kappa shape index (κ2) is 9.48. The van der Waals surface area contributed by atoms with Crippen LogP contribution in [-0.2, 0) is 14.3 Å². The highest BCUT2D eigenvalue weighted by atomic mass is 16.6. The summed E-state index contributed by atoms with van der Waals surface area (Å²) in [4.78, 5) is 11.3. The second-order valence-corrected chi connectivity index (χ2v) is 3.81. The van der Waals surface area contributed by atoms with Crippen LogP contribution in [0.25, 0.3) is 0 Å². The van der Waals surface area contributed by atoms with E-state index in [0.717, 1.165) is 18.7 Å². The number of para-hydroxylation sites is 1. The third-order valence-electron chi connectivity index (χ3n) is 2.36. The fraction of sp³-hybridized carbons (Fsp3) is 0.500. The number of ether oxygens (including phenoxy) is 2. The van der Waals surface area contributed by atoms with Gasteiger partial charge in [0.25, 0.3) is 0 Å². The molecule has 1 N–H and O–H groups in total. The maximum Gasteiger partial charge on any atom is 0.305 e. The third kappa shape index (κ3) is 6.91. The second-order valence-electron chi connectivity index (χ2n) is 3.81. The average Bonchev–Trinajstić information content (AvgIpc) is 2.41. The molecular formula is C14H21NO3. The lowest BCUT2D eigenvalue weighted by Crippen LogP contribution is -2.12. The van der Waals surface area contributed by atoms with Crippen molar-refractivity contribution in [2.45, 2.75) is 19.8 Å². The Morgan fingerprint density at radius 1 is 1.22 bits per heavy atom. The van der Waals surface area contributed by atoms with Crippen LogP contribution in [0.4, 0.5) is 5.69 Å². The van der Waals surface area contributed by atoms with Gasteiger partial charge in [0.05, 0.1) is 6.61 Å². The van der Waals surface area contributed by atoms with E-state index in [-0.39, 0.29) is 5.97 Å². The molecule has 0 radical (unpaired) electrons. The zero-order chi connectivity index (χ0) is 13.1. The largest absolute Gasteiger partial charge is 0.463 e. The van der Waals surface area contributed by atoms with Gasteiger partial charge in [-0.1, -0.05) is 18.2 Å². The van der Waals surface area contributed by atoms with Crippen molar-refractivity contribution in [2.75, 3.05) is 31.7 Å². The summed E-state index contributed by atoms with van der Waals surface area (Å²) in [6.45, 7) is 4.16. The molecule has 0 atom stereocenters. The molecule has 0 bridgehead atoms. The van der Waals surface area contributed by atoms with E-state index in [1.165, 1.54) is 0 Å². The first-order valence-electron chi connectivity index (χ1n) is 6.35. The number of benzene rings is 1. The number of carbonyl (C=O) groups is 1. The van der Waals surface area contributed by atoms with E-state index < -0.39 is 0 Å². The number of nitrogens with one attached hydrogen (secondary N) is 1. The molecule has 0 aliphatic heterocycles. The molecule has 4 nitrogen and oxygen atoms in total. The molecule has 0 fully saturated rings. The minimum Gasteiger partial charge on any atom is -0.463 e. The minimum absolute atomic E-state index is 0.162. The number of rotatable bonds is 9. The van der Waals surface area contributed by atoms with E-state index in [1.807, 2.05) is 37.3 Å². The van der Waals surface area contributed by atoms with Gasteiger partial charge in [0.15, 0.2) is 0 Å². The van der Waals surface area contributed by atoms with Crippen molar-refractivity contribution in [2.24, 2.45) is 0 Å². The van der Waals surface area contributed by atoms with Gasteiger partial charge in [-0.15, -0.1) is 0 Å². The van der Waals surface area contributed by atoms with Gasteiger partial charge >= 0.3 is 5.97 Å². The quantitative estimate of drug-likeness (QED) is 0.541. The van der Waals surface area contributed by atoms with Crippen molar-refractivity contribution in [1.82, 2.24) is 0 Å². The molecule has 0 saturated heterocycles. The van der Waals surface area contributed by atoms with Crippen molar-refractivity contribution in [1.29, 1.82) is 0 Å². The Hall–Kier alpha value is -1.55. The molecule has 0 saturated carbocycles. The number of esters is 1. The number of hydrogen-bond donors (Lipinski definition) is 1. The van der Waals surface area contributed by atoms with Gasteiger partial charge in [-0.3, -0.25) is 4.79 Å². The average molecular weight is 251 g/mol. The molecule has 18 heavy (non-hydrogen) atoms. The zero-order valence-corrected chi connectivity index (χ0v) is 10.9. The normalized spacial score (nSPS) is 10.1. The summed E-state index contributed by atoms with van der Waals surface area (Å²) in [5.41, 5.74) is 1.07. The summed E-state index contributed by atoms with van der Waals surface area (Å²) in [5, 5.41) is 3.24. The summed E-state index contributed by atoms with van der Waals surface area (Å²) < 4.78 is 10.1. The Labute approximate surface area is 108 Å². The summed E-state index contributed by atoms with van der Waals surface area (Å²) in [6, 6.07) is 9.93. The molecule has 100 valence electrons. The van der Waals surface area contributed by atoms with Crippen molar-refractivity contribution in [3.8, 4) is 0 Å². The molecule has 0 spiro atoms. The van der Waals surface area contributed by atoms with E-state index in [0.29, 0.717) is 26.2 Å². The highest BCUT2D eigenvalue weighted by Crippen LogP contribution is 2.05. The van der Waals surface area contributed by atoms with E-state index in [2.05, 4.69) is 5.32 Å². The number of anilines is 1. The molecule has 4 heteroatoms. The fourth-order valence-corrected chi connectivity index (χ4v) is 1.45. The van der Waals surface area contributed by atoms with Crippen LogP contribution in [0, 0.1) is 0 Å². The Balaban J connectivity index is 1.99. The lowest BCUT2D eigenvalue weighted by Gasteiger charge is -2.06. The Kier molecular flexibility index (Phi) is 7.64. The number of carbonyl (C=O) groups excluding carboxylic acids is 1. The molecule has 0 unspecified atom stereocenters. The van der Waals surface area contributed by atoms with Crippen LogP contribution < -0.4 is 5.32 Å². The van der Waals surface area contributed by atoms with Gasteiger partial charge in [0.2, 0.25) is 0 Å². The van der Waals surface area contributed by atoms with Gasteiger partial charge in [-0.25, -0.2) is 0 Å². The van der Waals surface area contributed by atoms with Crippen LogP contribution >= 0.6 is 0 Å². The monoisotopic (exact) mass is 251 g/mol. The van der Waals surface area contributed by atoms with E-state index in [1.54, 1.807) is 0 Å². The molecule has 1 rings (SSSR count). The maximum atomic E-state index is 11.3.